The van der Waals surface area contributed by atoms with E-state index in [0.717, 1.165) is 12.3 Å². The quantitative estimate of drug-likeness (QED) is 0.536. The lowest BCUT2D eigenvalue weighted by molar-refractivity contribution is -0.141. The largest absolute Gasteiger partial charge is 0.433 e. The lowest BCUT2D eigenvalue weighted by atomic mass is 10.1. The zero-order valence-corrected chi connectivity index (χ0v) is 16.2. The summed E-state index contributed by atoms with van der Waals surface area (Å²) in [6.45, 7) is 1.41. The van der Waals surface area contributed by atoms with Crippen LogP contribution in [-0.2, 0) is 6.18 Å². The predicted molar refractivity (Wildman–Crippen MR) is 107 cm³/mol. The molecule has 7 nitrogen and oxygen atoms in total. The molecule has 0 spiro atoms. The first kappa shape index (κ1) is 20.6. The van der Waals surface area contributed by atoms with Gasteiger partial charge in [0.25, 0.3) is 5.56 Å². The number of alkyl halides is 3. The first-order chi connectivity index (χ1) is 14.8. The monoisotopic (exact) mass is 427 g/mol. The van der Waals surface area contributed by atoms with E-state index in [0.29, 0.717) is 22.3 Å². The molecule has 0 saturated carbocycles. The van der Waals surface area contributed by atoms with Crippen molar-refractivity contribution in [3.63, 3.8) is 0 Å². The predicted octanol–water partition coefficient (Wildman–Crippen LogP) is 3.49. The Morgan fingerprint density at radius 3 is 2.45 bits per heavy atom. The van der Waals surface area contributed by atoms with Crippen molar-refractivity contribution in [2.75, 3.05) is 6.61 Å². The number of hydrogen-bond donors (Lipinski definition) is 1. The van der Waals surface area contributed by atoms with Gasteiger partial charge in [-0.2, -0.15) is 13.2 Å². The number of hydrogen-bond acceptors (Lipinski definition) is 6. The van der Waals surface area contributed by atoms with Crippen LogP contribution in [0.15, 0.2) is 60.0 Å². The van der Waals surface area contributed by atoms with Gasteiger partial charge in [0.2, 0.25) is 0 Å². The van der Waals surface area contributed by atoms with E-state index in [9.17, 15) is 23.1 Å². The molecular weight excluding hydrogens is 411 g/mol. The SMILES string of the molecule is C[C@@H](CO)n1cnc2c(-c3ccncc3)nc(-c3ccc(C(F)(F)F)nc3)cc2c1=O. The average molecular weight is 427 g/mol. The molecule has 4 aromatic rings. The Bertz CT molecular complexity index is 1290. The molecular formula is C21H16F3N5O2. The number of aliphatic hydroxyl groups excluding tert-OH is 1. The molecule has 0 aliphatic heterocycles. The summed E-state index contributed by atoms with van der Waals surface area (Å²) < 4.78 is 39.9. The Morgan fingerprint density at radius 2 is 1.84 bits per heavy atom. The van der Waals surface area contributed by atoms with Gasteiger partial charge in [0.05, 0.1) is 35.8 Å². The molecule has 10 heteroatoms. The van der Waals surface area contributed by atoms with Gasteiger partial charge in [-0.1, -0.05) is 0 Å². The molecule has 4 aromatic heterocycles. The molecule has 0 saturated heterocycles. The summed E-state index contributed by atoms with van der Waals surface area (Å²) in [4.78, 5) is 29.5. The minimum Gasteiger partial charge on any atom is -0.394 e. The Kier molecular flexibility index (Phi) is 5.24. The van der Waals surface area contributed by atoms with Crippen LogP contribution in [0.2, 0.25) is 0 Å². The molecule has 0 aromatic carbocycles. The number of nitrogens with zero attached hydrogens (tertiary/aromatic N) is 5. The smallest absolute Gasteiger partial charge is 0.394 e. The number of fused-ring (bicyclic) bond motifs is 1. The summed E-state index contributed by atoms with van der Waals surface area (Å²) >= 11 is 0. The van der Waals surface area contributed by atoms with Crippen molar-refractivity contribution in [1.29, 1.82) is 0 Å². The van der Waals surface area contributed by atoms with Crippen LogP contribution in [0.25, 0.3) is 33.4 Å². The maximum atomic E-state index is 13.1. The van der Waals surface area contributed by atoms with Crippen molar-refractivity contribution in [2.45, 2.75) is 19.1 Å². The number of pyridine rings is 3. The van der Waals surface area contributed by atoms with E-state index in [1.165, 1.54) is 23.0 Å². The standard InChI is InChI=1S/C21H16F3N5O2/c1-12(10-30)29-11-27-19-15(20(29)31)8-16(28-18(19)13-4-6-25-7-5-13)14-2-3-17(26-9-14)21(22,23)24/h2-9,11-12,30H,10H2,1H3/t12-/m0/s1. The fraction of sp³-hybridized carbons (Fsp3) is 0.190. The molecule has 0 fully saturated rings. The van der Waals surface area contributed by atoms with E-state index in [2.05, 4.69) is 19.9 Å². The number of halogens is 3. The molecule has 0 unspecified atom stereocenters. The highest BCUT2D eigenvalue weighted by Crippen LogP contribution is 2.31. The van der Waals surface area contributed by atoms with E-state index in [1.807, 2.05) is 0 Å². The van der Waals surface area contributed by atoms with Crippen LogP contribution >= 0.6 is 0 Å². The third-order valence-electron chi connectivity index (χ3n) is 4.81. The number of aromatic nitrogens is 5. The first-order valence-corrected chi connectivity index (χ1v) is 9.26. The van der Waals surface area contributed by atoms with Crippen LogP contribution < -0.4 is 5.56 Å². The minimum absolute atomic E-state index is 0.222. The maximum absolute atomic E-state index is 13.1. The Morgan fingerprint density at radius 1 is 1.10 bits per heavy atom. The van der Waals surface area contributed by atoms with E-state index in [4.69, 9.17) is 0 Å². The molecule has 0 aliphatic carbocycles. The molecule has 0 amide bonds. The van der Waals surface area contributed by atoms with Crippen molar-refractivity contribution < 1.29 is 18.3 Å². The third kappa shape index (κ3) is 3.89. The molecule has 4 rings (SSSR count). The van der Waals surface area contributed by atoms with E-state index >= 15 is 0 Å². The number of rotatable bonds is 4. The Balaban J connectivity index is 1.98. The van der Waals surface area contributed by atoms with E-state index in [-0.39, 0.29) is 17.7 Å². The Hall–Kier alpha value is -3.66. The van der Waals surface area contributed by atoms with Gasteiger partial charge in [-0.3, -0.25) is 19.3 Å². The molecule has 1 atom stereocenters. The van der Waals surface area contributed by atoms with Crippen LogP contribution in [0.4, 0.5) is 13.2 Å². The van der Waals surface area contributed by atoms with Crippen molar-refractivity contribution in [2.24, 2.45) is 0 Å². The zero-order chi connectivity index (χ0) is 22.2. The maximum Gasteiger partial charge on any atom is 0.433 e. The van der Waals surface area contributed by atoms with E-state index in [1.54, 1.807) is 31.5 Å². The summed E-state index contributed by atoms with van der Waals surface area (Å²) in [7, 11) is 0. The second-order valence-corrected chi connectivity index (χ2v) is 6.91. The lowest BCUT2D eigenvalue weighted by Crippen LogP contribution is -2.25. The summed E-state index contributed by atoms with van der Waals surface area (Å²) in [5.74, 6) is 0. The van der Waals surface area contributed by atoms with Crippen molar-refractivity contribution >= 4 is 10.9 Å². The highest BCUT2D eigenvalue weighted by Gasteiger charge is 2.32. The van der Waals surface area contributed by atoms with Crippen LogP contribution in [-0.4, -0.2) is 36.2 Å². The van der Waals surface area contributed by atoms with Crippen LogP contribution in [0, 0.1) is 0 Å². The van der Waals surface area contributed by atoms with Gasteiger partial charge >= 0.3 is 6.18 Å². The molecule has 0 aliphatic rings. The Labute approximate surface area is 173 Å². The molecule has 0 radical (unpaired) electrons. The van der Waals surface area contributed by atoms with Crippen molar-refractivity contribution in [3.8, 4) is 22.5 Å². The molecule has 158 valence electrons. The second kappa shape index (κ2) is 7.88. The third-order valence-corrected chi connectivity index (χ3v) is 4.81. The van der Waals surface area contributed by atoms with Gasteiger partial charge < -0.3 is 5.11 Å². The summed E-state index contributed by atoms with van der Waals surface area (Å²) in [6, 6.07) is 6.48. The molecule has 0 bridgehead atoms. The first-order valence-electron chi connectivity index (χ1n) is 9.26. The summed E-state index contributed by atoms with van der Waals surface area (Å²) in [5.41, 5.74) is 0.528. The topological polar surface area (TPSA) is 93.8 Å². The van der Waals surface area contributed by atoms with Crippen molar-refractivity contribution in [1.82, 2.24) is 24.5 Å². The molecule has 31 heavy (non-hydrogen) atoms. The van der Waals surface area contributed by atoms with Gasteiger partial charge in [0.1, 0.15) is 11.2 Å². The zero-order valence-electron chi connectivity index (χ0n) is 16.2. The summed E-state index contributed by atoms with van der Waals surface area (Å²) in [6.07, 6.45) is 0.972. The average Bonchev–Trinajstić information content (AvgIpc) is 2.78. The van der Waals surface area contributed by atoms with Crippen LogP contribution in [0.1, 0.15) is 18.7 Å². The second-order valence-electron chi connectivity index (χ2n) is 6.91. The van der Waals surface area contributed by atoms with Gasteiger partial charge in [-0.25, -0.2) is 9.97 Å². The van der Waals surface area contributed by atoms with Crippen LogP contribution in [0.5, 0.6) is 0 Å². The molecule has 4 heterocycles. The van der Waals surface area contributed by atoms with Gasteiger partial charge in [0.15, 0.2) is 0 Å². The molecule has 1 N–H and O–H groups in total. The van der Waals surface area contributed by atoms with Gasteiger partial charge in [0, 0.05) is 29.7 Å². The van der Waals surface area contributed by atoms with Crippen molar-refractivity contribution in [3.05, 3.63) is 71.3 Å². The van der Waals surface area contributed by atoms with Crippen LogP contribution in [0.3, 0.4) is 0 Å². The highest BCUT2D eigenvalue weighted by molar-refractivity contribution is 5.93. The number of aliphatic hydroxyl groups is 1. The fourth-order valence-electron chi connectivity index (χ4n) is 3.12. The van der Waals surface area contributed by atoms with E-state index < -0.39 is 23.5 Å². The lowest BCUT2D eigenvalue weighted by Gasteiger charge is -2.14. The normalized spacial score (nSPS) is 12.8. The minimum atomic E-state index is -4.56. The fourth-order valence-corrected chi connectivity index (χ4v) is 3.12. The van der Waals surface area contributed by atoms with Gasteiger partial charge in [-0.05, 0) is 37.3 Å². The summed E-state index contributed by atoms with van der Waals surface area (Å²) in [5, 5.41) is 9.66. The van der Waals surface area contributed by atoms with Gasteiger partial charge in [-0.15, -0.1) is 0 Å². The highest BCUT2D eigenvalue weighted by atomic mass is 19.4.